The number of benzene rings is 5. The fourth-order valence-corrected chi connectivity index (χ4v) is 14.8. The molecule has 4 heteroatoms. The van der Waals surface area contributed by atoms with Crippen LogP contribution in [0.5, 0.6) is 0 Å². The van der Waals surface area contributed by atoms with E-state index in [2.05, 4.69) is 183 Å². The zero-order valence-corrected chi connectivity index (χ0v) is 40.4. The van der Waals surface area contributed by atoms with Crippen molar-refractivity contribution in [3.05, 3.63) is 174 Å². The highest BCUT2D eigenvalue weighted by molar-refractivity contribution is 6.29. The number of aromatic nitrogens is 2. The lowest BCUT2D eigenvalue weighted by molar-refractivity contribution is 0.285. The molecular weight excluding hydrogens is 849 g/mol. The largest absolute Gasteiger partial charge is 0.334 e. The minimum absolute atomic E-state index is 0.257. The lowest BCUT2D eigenvalue weighted by atomic mass is 9.77. The molecule has 0 radical (unpaired) electrons. The van der Waals surface area contributed by atoms with Crippen LogP contribution < -0.4 is 20.4 Å². The third-order valence-corrected chi connectivity index (χ3v) is 18.1. The summed E-state index contributed by atoms with van der Waals surface area (Å²) in [6.07, 6.45) is 48.8. The van der Waals surface area contributed by atoms with Crippen LogP contribution in [0.2, 0.25) is 0 Å². The van der Waals surface area contributed by atoms with Crippen molar-refractivity contribution in [2.45, 2.75) is 102 Å². The summed E-state index contributed by atoms with van der Waals surface area (Å²) in [4.78, 5) is 5.25. The Kier molecular flexibility index (Phi) is 9.62. The second kappa shape index (κ2) is 16.4. The van der Waals surface area contributed by atoms with Gasteiger partial charge in [0.25, 0.3) is 0 Å². The van der Waals surface area contributed by atoms with Gasteiger partial charge in [0, 0.05) is 65.4 Å². The van der Waals surface area contributed by atoms with E-state index in [9.17, 15) is 0 Å². The quantitative estimate of drug-likeness (QED) is 0.151. The Balaban J connectivity index is 0.922. The van der Waals surface area contributed by atoms with E-state index in [1.54, 1.807) is 0 Å². The van der Waals surface area contributed by atoms with Crippen LogP contribution in [0.4, 0.5) is 17.1 Å². The second-order valence-corrected chi connectivity index (χ2v) is 21.8. The van der Waals surface area contributed by atoms with E-state index < -0.39 is 0 Å². The summed E-state index contributed by atoms with van der Waals surface area (Å²) in [6, 6.07) is 35.4. The highest BCUT2D eigenvalue weighted by Crippen LogP contribution is 2.49. The monoisotopic (exact) mass is 910 g/mol. The molecule has 0 bridgehead atoms. The number of allylic oxidation sites excluding steroid dienone is 8. The van der Waals surface area contributed by atoms with Crippen molar-refractivity contribution in [1.29, 1.82) is 0 Å². The summed E-state index contributed by atoms with van der Waals surface area (Å²) in [5.74, 6) is 2.94. The van der Waals surface area contributed by atoms with Gasteiger partial charge in [-0.25, -0.2) is 0 Å². The third-order valence-electron chi connectivity index (χ3n) is 18.1. The standard InChI is InChI=1S/C66H62N4/c1-5-17-43(18-6-1)45-29-33-49(34-30-45)67(47-21-9-3-10-22-47)59-39-37-51-55-41-62-56(42-61(55)69-57-27-15-13-25-53(57)63(59)65(51)69)52-38-40-60(64-54-26-14-16-28-58(54)70(62)66(52)64)68(48-23-11-4-12-24-48)50-35-31-46(32-36-50)44-19-7-2-8-20-44/h3-4,9-13,15,21-23,25-29,31,33-46,48H,1-2,5-8,14,16-20,24,30,32H2. The number of para-hydroxylation sites is 2. The summed E-state index contributed by atoms with van der Waals surface area (Å²) in [6.45, 7) is 0. The van der Waals surface area contributed by atoms with Gasteiger partial charge in [-0.1, -0.05) is 148 Å². The van der Waals surface area contributed by atoms with E-state index in [1.165, 1.54) is 169 Å². The van der Waals surface area contributed by atoms with Crippen molar-refractivity contribution in [3.8, 4) is 0 Å². The second-order valence-electron chi connectivity index (χ2n) is 21.8. The Morgan fingerprint density at radius 1 is 0.471 bits per heavy atom. The number of anilines is 3. The number of hydrogen-bond donors (Lipinski definition) is 0. The molecule has 4 nitrogen and oxygen atoms in total. The lowest BCUT2D eigenvalue weighted by Crippen LogP contribution is -2.35. The number of hydrogen-bond acceptors (Lipinski definition) is 2. The van der Waals surface area contributed by atoms with Gasteiger partial charge in [-0.2, -0.15) is 0 Å². The fourth-order valence-electron chi connectivity index (χ4n) is 14.8. The highest BCUT2D eigenvalue weighted by atomic mass is 15.2. The molecule has 4 heterocycles. The van der Waals surface area contributed by atoms with Crippen LogP contribution in [-0.4, -0.2) is 14.8 Å². The SMILES string of the molecule is C1=CCC(N(C2=CCC(C3CCCCC3)C=C2)c2ccc3c4cc5c(cc4n4c6c(c2c34)=CCCC=6)c2ccc(N(C3=CCC(C4CCCCC4)C=C3)c3ccccc3)c3c4ccccc4n5c23)C=C1. The zero-order chi connectivity index (χ0) is 45.9. The smallest absolute Gasteiger partial charge is 0.0641 e. The number of nitrogens with zero attached hydrogens (tertiary/aromatic N) is 4. The molecule has 15 rings (SSSR count). The molecule has 0 saturated heterocycles. The van der Waals surface area contributed by atoms with E-state index in [4.69, 9.17) is 0 Å². The van der Waals surface area contributed by atoms with Crippen LogP contribution in [0.15, 0.2) is 163 Å². The van der Waals surface area contributed by atoms with E-state index >= 15 is 0 Å². The molecule has 2 saturated carbocycles. The zero-order valence-electron chi connectivity index (χ0n) is 40.4. The average molecular weight is 911 g/mol. The summed E-state index contributed by atoms with van der Waals surface area (Å²) in [7, 11) is 0. The molecule has 6 aliphatic carbocycles. The maximum Gasteiger partial charge on any atom is 0.0641 e. The van der Waals surface area contributed by atoms with Gasteiger partial charge in [0.15, 0.2) is 0 Å². The van der Waals surface area contributed by atoms with Crippen LogP contribution in [-0.2, 0) is 0 Å². The first kappa shape index (κ1) is 41.0. The van der Waals surface area contributed by atoms with Gasteiger partial charge in [-0.15, -0.1) is 0 Å². The molecular formula is C66H62N4. The first-order chi connectivity index (χ1) is 34.8. The maximum atomic E-state index is 2.70. The van der Waals surface area contributed by atoms with Gasteiger partial charge >= 0.3 is 0 Å². The van der Waals surface area contributed by atoms with Crippen LogP contribution in [0.25, 0.3) is 77.4 Å². The molecule has 2 fully saturated rings. The molecule has 6 aliphatic rings. The molecule has 3 atom stereocenters. The molecule has 0 spiro atoms. The predicted molar refractivity (Wildman–Crippen MR) is 297 cm³/mol. The van der Waals surface area contributed by atoms with Crippen molar-refractivity contribution in [3.63, 3.8) is 0 Å². The molecule has 9 aromatic rings. The summed E-state index contributed by atoms with van der Waals surface area (Å²) in [5, 5.41) is 12.1. The van der Waals surface area contributed by atoms with E-state index in [0.29, 0.717) is 11.8 Å². The molecule has 346 valence electrons. The van der Waals surface area contributed by atoms with Crippen molar-refractivity contribution < 1.29 is 0 Å². The minimum atomic E-state index is 0.257. The fraction of sp³-hybridized carbons (Fsp3) is 0.303. The highest BCUT2D eigenvalue weighted by Gasteiger charge is 2.32. The summed E-state index contributed by atoms with van der Waals surface area (Å²) in [5.41, 5.74) is 13.0. The Bertz CT molecular complexity index is 3850. The topological polar surface area (TPSA) is 15.3 Å². The number of fused-ring (bicyclic) bond motifs is 12. The van der Waals surface area contributed by atoms with Gasteiger partial charge < -0.3 is 18.6 Å². The van der Waals surface area contributed by atoms with Crippen molar-refractivity contribution >= 4 is 94.5 Å². The Labute approximate surface area is 410 Å². The Hall–Kier alpha value is -6.78. The number of rotatable bonds is 8. The molecule has 0 amide bonds. The Morgan fingerprint density at radius 2 is 1.11 bits per heavy atom. The first-order valence-corrected chi connectivity index (χ1v) is 27.1. The summed E-state index contributed by atoms with van der Waals surface area (Å²) < 4.78 is 5.26. The van der Waals surface area contributed by atoms with Gasteiger partial charge in [0.05, 0.1) is 45.0 Å². The summed E-state index contributed by atoms with van der Waals surface area (Å²) >= 11 is 0. The molecule has 3 unspecified atom stereocenters. The Morgan fingerprint density at radius 3 is 1.80 bits per heavy atom. The van der Waals surface area contributed by atoms with Crippen LogP contribution >= 0.6 is 0 Å². The van der Waals surface area contributed by atoms with E-state index in [-0.39, 0.29) is 6.04 Å². The first-order valence-electron chi connectivity index (χ1n) is 27.1. The molecule has 0 aliphatic heterocycles. The molecule has 70 heavy (non-hydrogen) atoms. The van der Waals surface area contributed by atoms with Crippen LogP contribution in [0.1, 0.15) is 96.3 Å². The molecule has 5 aromatic carbocycles. The van der Waals surface area contributed by atoms with Gasteiger partial charge in [0.1, 0.15) is 0 Å². The lowest BCUT2D eigenvalue weighted by Gasteiger charge is -2.36. The van der Waals surface area contributed by atoms with Crippen molar-refractivity contribution in [2.24, 2.45) is 23.7 Å². The van der Waals surface area contributed by atoms with Crippen LogP contribution in [0.3, 0.4) is 0 Å². The van der Waals surface area contributed by atoms with Gasteiger partial charge in [-0.3, -0.25) is 0 Å². The maximum absolute atomic E-state index is 2.70. The van der Waals surface area contributed by atoms with E-state index in [1.807, 2.05) is 0 Å². The molecule has 0 N–H and O–H groups in total. The normalized spacial score (nSPS) is 22.2. The van der Waals surface area contributed by atoms with E-state index in [0.717, 1.165) is 43.9 Å². The van der Waals surface area contributed by atoms with Crippen LogP contribution in [0, 0.1) is 23.7 Å². The predicted octanol–water partition coefficient (Wildman–Crippen LogP) is 16.1. The third kappa shape index (κ3) is 6.20. The average Bonchev–Trinajstić information content (AvgIpc) is 4.16. The van der Waals surface area contributed by atoms with Gasteiger partial charge in [0.2, 0.25) is 0 Å². The van der Waals surface area contributed by atoms with Gasteiger partial charge in [-0.05, 0) is 136 Å². The molecule has 4 aromatic heterocycles. The van der Waals surface area contributed by atoms with Crippen molar-refractivity contribution in [2.75, 3.05) is 9.80 Å². The minimum Gasteiger partial charge on any atom is -0.334 e. The van der Waals surface area contributed by atoms with Crippen molar-refractivity contribution in [1.82, 2.24) is 8.80 Å².